The van der Waals surface area contributed by atoms with E-state index < -0.39 is 0 Å². The maximum Gasteiger partial charge on any atom is 0.0346 e. The number of fused-ring (bicyclic) bond motifs is 2. The predicted molar refractivity (Wildman–Crippen MR) is 180 cm³/mol. The molecule has 2 atom stereocenters. The van der Waals surface area contributed by atoms with Crippen LogP contribution in [0.4, 0.5) is 0 Å². The lowest BCUT2D eigenvalue weighted by molar-refractivity contribution is 0.567. The van der Waals surface area contributed by atoms with Crippen LogP contribution in [0.3, 0.4) is 0 Å². The standard InChI is InChI=1S/C41H32N2/c1-27-34-18-16-31(23-30(34)15-17-35(27)33-24-32(25-43-26-33)28-19-21-42-22-20-28)41-38-13-7-5-11-36(38)40(29-9-3-2-4-10-29)37-12-6-8-14-39(37)41/h2-15,17,19-27,35H,16,18H2,1H3. The van der Waals surface area contributed by atoms with Gasteiger partial charge in [0, 0.05) is 36.3 Å². The quantitative estimate of drug-likeness (QED) is 0.203. The van der Waals surface area contributed by atoms with Gasteiger partial charge in [-0.2, -0.15) is 0 Å². The summed E-state index contributed by atoms with van der Waals surface area (Å²) in [5.41, 5.74) is 11.9. The highest BCUT2D eigenvalue weighted by molar-refractivity contribution is 6.18. The van der Waals surface area contributed by atoms with Crippen molar-refractivity contribution in [2.24, 2.45) is 5.92 Å². The van der Waals surface area contributed by atoms with Crippen molar-refractivity contribution in [1.82, 2.24) is 9.97 Å². The van der Waals surface area contributed by atoms with Crippen molar-refractivity contribution in [1.29, 1.82) is 0 Å². The van der Waals surface area contributed by atoms with E-state index in [4.69, 9.17) is 0 Å². The molecule has 2 unspecified atom stereocenters. The molecule has 2 nitrogen and oxygen atoms in total. The highest BCUT2D eigenvalue weighted by Gasteiger charge is 2.29. The van der Waals surface area contributed by atoms with Crippen molar-refractivity contribution in [2.75, 3.05) is 0 Å². The first-order chi connectivity index (χ1) is 21.3. The van der Waals surface area contributed by atoms with Crippen LogP contribution in [-0.4, -0.2) is 9.97 Å². The second-order valence-corrected chi connectivity index (χ2v) is 11.8. The summed E-state index contributed by atoms with van der Waals surface area (Å²) in [6, 6.07) is 35.2. The van der Waals surface area contributed by atoms with E-state index in [2.05, 4.69) is 132 Å². The number of allylic oxidation sites excluding steroid dienone is 6. The van der Waals surface area contributed by atoms with Gasteiger partial charge in [0.1, 0.15) is 0 Å². The average molecular weight is 553 g/mol. The fourth-order valence-electron chi connectivity index (χ4n) is 7.33. The number of benzene rings is 4. The van der Waals surface area contributed by atoms with Crippen molar-refractivity contribution < 1.29 is 0 Å². The normalized spacial score (nSPS) is 18.1. The Morgan fingerprint density at radius 1 is 0.605 bits per heavy atom. The van der Waals surface area contributed by atoms with Crippen molar-refractivity contribution in [3.8, 4) is 22.3 Å². The molecule has 0 bridgehead atoms. The SMILES string of the molecule is CC1C2=C(C=CC1c1cncc(-c3ccncc3)c1)C=C(c1c3ccccc3c(-c3ccccc3)c3ccccc13)CC2. The van der Waals surface area contributed by atoms with Crippen LogP contribution in [0.5, 0.6) is 0 Å². The van der Waals surface area contributed by atoms with Crippen molar-refractivity contribution in [2.45, 2.75) is 25.7 Å². The topological polar surface area (TPSA) is 25.8 Å². The summed E-state index contributed by atoms with van der Waals surface area (Å²) in [5, 5.41) is 5.30. The Hall–Kier alpha value is -5.08. The Kier molecular flexibility index (Phi) is 6.34. The molecule has 2 aromatic heterocycles. The number of hydrogen-bond donors (Lipinski definition) is 0. The van der Waals surface area contributed by atoms with Crippen LogP contribution in [0.2, 0.25) is 0 Å². The Balaban J connectivity index is 1.22. The van der Waals surface area contributed by atoms with E-state index in [1.165, 1.54) is 54.9 Å². The Morgan fingerprint density at radius 3 is 1.95 bits per heavy atom. The number of nitrogens with zero attached hydrogens (tertiary/aromatic N) is 2. The van der Waals surface area contributed by atoms with Gasteiger partial charge in [-0.15, -0.1) is 0 Å². The van der Waals surface area contributed by atoms with Crippen LogP contribution < -0.4 is 0 Å². The van der Waals surface area contributed by atoms with Crippen LogP contribution in [0.1, 0.15) is 36.8 Å². The second-order valence-electron chi connectivity index (χ2n) is 11.8. The predicted octanol–water partition coefficient (Wildman–Crippen LogP) is 10.6. The molecule has 2 heterocycles. The van der Waals surface area contributed by atoms with Gasteiger partial charge in [0.15, 0.2) is 0 Å². The lowest BCUT2D eigenvalue weighted by atomic mass is 9.72. The third-order valence-electron chi connectivity index (χ3n) is 9.41. The molecule has 0 saturated carbocycles. The molecule has 0 amide bonds. The van der Waals surface area contributed by atoms with Gasteiger partial charge >= 0.3 is 0 Å². The van der Waals surface area contributed by atoms with Crippen LogP contribution >= 0.6 is 0 Å². The van der Waals surface area contributed by atoms with Gasteiger partial charge in [-0.3, -0.25) is 9.97 Å². The Labute approximate surface area is 252 Å². The van der Waals surface area contributed by atoms with Gasteiger partial charge in [-0.1, -0.05) is 110 Å². The molecule has 0 aliphatic heterocycles. The smallest absolute Gasteiger partial charge is 0.0346 e. The highest BCUT2D eigenvalue weighted by atomic mass is 14.6. The molecule has 2 heteroatoms. The van der Waals surface area contributed by atoms with Crippen LogP contribution in [0.25, 0.3) is 49.4 Å². The lowest BCUT2D eigenvalue weighted by Gasteiger charge is -2.32. The molecule has 0 radical (unpaired) electrons. The van der Waals surface area contributed by atoms with Gasteiger partial charge < -0.3 is 0 Å². The third kappa shape index (κ3) is 4.42. The lowest BCUT2D eigenvalue weighted by Crippen LogP contribution is -2.17. The third-order valence-corrected chi connectivity index (χ3v) is 9.41. The second kappa shape index (κ2) is 10.6. The van der Waals surface area contributed by atoms with Crippen molar-refractivity contribution in [3.05, 3.63) is 162 Å². The summed E-state index contributed by atoms with van der Waals surface area (Å²) >= 11 is 0. The van der Waals surface area contributed by atoms with Crippen LogP contribution in [0.15, 0.2) is 151 Å². The summed E-state index contributed by atoms with van der Waals surface area (Å²) in [5.74, 6) is 0.732. The van der Waals surface area contributed by atoms with Gasteiger partial charge in [0.05, 0.1) is 0 Å². The highest BCUT2D eigenvalue weighted by Crippen LogP contribution is 2.47. The minimum absolute atomic E-state index is 0.315. The zero-order valence-corrected chi connectivity index (χ0v) is 24.2. The van der Waals surface area contributed by atoms with Gasteiger partial charge in [0.25, 0.3) is 0 Å². The Morgan fingerprint density at radius 2 is 1.26 bits per heavy atom. The molecule has 4 aromatic carbocycles. The number of hydrogen-bond acceptors (Lipinski definition) is 2. The minimum atomic E-state index is 0.315. The van der Waals surface area contributed by atoms with Gasteiger partial charge in [-0.25, -0.2) is 0 Å². The maximum atomic E-state index is 4.63. The molecular weight excluding hydrogens is 520 g/mol. The zero-order valence-electron chi connectivity index (χ0n) is 24.2. The number of pyridine rings is 2. The molecular formula is C41H32N2. The largest absolute Gasteiger partial charge is 0.265 e. The molecule has 6 aromatic rings. The Bertz CT molecular complexity index is 2030. The van der Waals surface area contributed by atoms with E-state index >= 15 is 0 Å². The molecule has 43 heavy (non-hydrogen) atoms. The monoisotopic (exact) mass is 552 g/mol. The molecule has 2 aliphatic carbocycles. The summed E-state index contributed by atoms with van der Waals surface area (Å²) in [6.07, 6.45) is 17.0. The molecule has 0 spiro atoms. The van der Waals surface area contributed by atoms with Gasteiger partial charge in [0.2, 0.25) is 0 Å². The fraction of sp³-hybridized carbons (Fsp3) is 0.122. The zero-order chi connectivity index (χ0) is 28.8. The van der Waals surface area contributed by atoms with Gasteiger partial charge in [-0.05, 0) is 97.5 Å². The van der Waals surface area contributed by atoms with E-state index in [-0.39, 0.29) is 0 Å². The van der Waals surface area contributed by atoms with E-state index in [1.54, 1.807) is 5.57 Å². The van der Waals surface area contributed by atoms with E-state index in [1.807, 2.05) is 24.8 Å². The maximum absolute atomic E-state index is 4.63. The summed E-state index contributed by atoms with van der Waals surface area (Å²) in [7, 11) is 0. The van der Waals surface area contributed by atoms with E-state index in [0.717, 1.165) is 24.0 Å². The average Bonchev–Trinajstić information content (AvgIpc) is 3.08. The molecule has 0 fully saturated rings. The first-order valence-electron chi connectivity index (χ1n) is 15.2. The van der Waals surface area contributed by atoms with E-state index in [0.29, 0.717) is 11.8 Å². The van der Waals surface area contributed by atoms with Crippen LogP contribution in [0, 0.1) is 5.92 Å². The molecule has 2 aliphatic rings. The fourth-order valence-corrected chi connectivity index (χ4v) is 7.33. The number of aromatic nitrogens is 2. The van der Waals surface area contributed by atoms with Crippen molar-refractivity contribution in [3.63, 3.8) is 0 Å². The summed E-state index contributed by atoms with van der Waals surface area (Å²) in [4.78, 5) is 8.81. The molecule has 0 saturated heterocycles. The minimum Gasteiger partial charge on any atom is -0.265 e. The molecule has 8 rings (SSSR count). The number of rotatable bonds is 4. The summed E-state index contributed by atoms with van der Waals surface area (Å²) < 4.78 is 0. The first-order valence-corrected chi connectivity index (χ1v) is 15.2. The molecule has 206 valence electrons. The van der Waals surface area contributed by atoms with E-state index in [9.17, 15) is 0 Å². The summed E-state index contributed by atoms with van der Waals surface area (Å²) in [6.45, 7) is 2.39. The molecule has 0 N–H and O–H groups in total. The van der Waals surface area contributed by atoms with Crippen molar-refractivity contribution >= 4 is 27.1 Å². The first kappa shape index (κ1) is 25.6. The van der Waals surface area contributed by atoms with Crippen LogP contribution in [-0.2, 0) is 0 Å².